The molecule has 0 aromatic heterocycles. The van der Waals surface area contributed by atoms with Crippen LogP contribution >= 0.6 is 0 Å². The van der Waals surface area contributed by atoms with Crippen LogP contribution in [0.1, 0.15) is 16.7 Å². The first kappa shape index (κ1) is 9.38. The number of hydrogen-bond donors (Lipinski definition) is 3. The average Bonchev–Trinajstić information content (AvgIpc) is 2.12. The van der Waals surface area contributed by atoms with Crippen LogP contribution in [-0.2, 0) is 0 Å². The third-order valence-corrected chi connectivity index (χ3v) is 1.89. The Morgan fingerprint density at radius 3 is 2.15 bits per heavy atom. The lowest BCUT2D eigenvalue weighted by molar-refractivity contribution is 0.318. The van der Waals surface area contributed by atoms with Crippen LogP contribution in [0.3, 0.4) is 0 Å². The molecule has 13 heavy (non-hydrogen) atoms. The molecule has 0 amide bonds. The largest absolute Gasteiger partial charge is 0.507 e. The van der Waals surface area contributed by atoms with Gasteiger partial charge in [-0.1, -0.05) is 5.16 Å². The van der Waals surface area contributed by atoms with E-state index in [0.29, 0.717) is 16.7 Å². The summed E-state index contributed by atoms with van der Waals surface area (Å²) in [6.45, 7) is 3.52. The molecule has 1 aromatic carbocycles. The van der Waals surface area contributed by atoms with Crippen LogP contribution in [0.25, 0.3) is 0 Å². The summed E-state index contributed by atoms with van der Waals surface area (Å²) in [5.74, 6) is 0.292. The van der Waals surface area contributed by atoms with Crippen LogP contribution in [0.5, 0.6) is 5.75 Å². The van der Waals surface area contributed by atoms with E-state index >= 15 is 0 Å². The first-order chi connectivity index (χ1) is 6.06. The Hall–Kier alpha value is -1.71. The zero-order chi connectivity index (χ0) is 10.0. The highest BCUT2D eigenvalue weighted by atomic mass is 16.4. The minimum Gasteiger partial charge on any atom is -0.507 e. The molecule has 0 atom stereocenters. The van der Waals surface area contributed by atoms with Crippen LogP contribution < -0.4 is 5.73 Å². The SMILES string of the molecule is Cc1cc(/C(N)=N\O)cc(C)c1O. The molecule has 0 saturated carbocycles. The summed E-state index contributed by atoms with van der Waals surface area (Å²) >= 11 is 0. The Bertz CT molecular complexity index is 336. The third-order valence-electron chi connectivity index (χ3n) is 1.89. The highest BCUT2D eigenvalue weighted by Gasteiger charge is 2.05. The lowest BCUT2D eigenvalue weighted by Crippen LogP contribution is -2.13. The quantitative estimate of drug-likeness (QED) is 0.262. The first-order valence-electron chi connectivity index (χ1n) is 3.84. The number of benzene rings is 1. The molecule has 0 bridgehead atoms. The molecule has 70 valence electrons. The molecule has 0 fully saturated rings. The summed E-state index contributed by atoms with van der Waals surface area (Å²) in [5.41, 5.74) is 7.43. The summed E-state index contributed by atoms with van der Waals surface area (Å²) in [6.07, 6.45) is 0. The van der Waals surface area contributed by atoms with Crippen LogP contribution in [0.2, 0.25) is 0 Å². The highest BCUT2D eigenvalue weighted by Crippen LogP contribution is 2.22. The Balaban J connectivity index is 3.29. The minimum atomic E-state index is 0.0474. The molecule has 4 N–H and O–H groups in total. The zero-order valence-electron chi connectivity index (χ0n) is 7.57. The van der Waals surface area contributed by atoms with Gasteiger partial charge in [0.2, 0.25) is 0 Å². The van der Waals surface area contributed by atoms with E-state index in [1.807, 2.05) is 0 Å². The maximum Gasteiger partial charge on any atom is 0.170 e. The van der Waals surface area contributed by atoms with Gasteiger partial charge >= 0.3 is 0 Å². The molecule has 0 saturated heterocycles. The van der Waals surface area contributed by atoms with Crippen molar-refractivity contribution in [2.75, 3.05) is 0 Å². The van der Waals surface area contributed by atoms with Crippen molar-refractivity contribution in [1.82, 2.24) is 0 Å². The molecule has 4 heteroatoms. The molecule has 0 radical (unpaired) electrons. The van der Waals surface area contributed by atoms with Crippen LogP contribution in [0.4, 0.5) is 0 Å². The van der Waals surface area contributed by atoms with Crippen molar-refractivity contribution >= 4 is 5.84 Å². The minimum absolute atomic E-state index is 0.0474. The van der Waals surface area contributed by atoms with E-state index in [9.17, 15) is 5.11 Å². The number of hydrogen-bond acceptors (Lipinski definition) is 3. The van der Waals surface area contributed by atoms with Gasteiger partial charge < -0.3 is 16.0 Å². The second-order valence-electron chi connectivity index (χ2n) is 2.94. The maximum absolute atomic E-state index is 9.44. The van der Waals surface area contributed by atoms with Crippen molar-refractivity contribution in [3.63, 3.8) is 0 Å². The van der Waals surface area contributed by atoms with E-state index in [4.69, 9.17) is 10.9 Å². The second kappa shape index (κ2) is 3.35. The Morgan fingerprint density at radius 1 is 1.31 bits per heavy atom. The van der Waals surface area contributed by atoms with E-state index in [1.165, 1.54) is 0 Å². The standard InChI is InChI=1S/C9H12N2O2/c1-5-3-7(9(10)11-13)4-6(2)8(5)12/h3-4,12-13H,1-2H3,(H2,10,11). The predicted molar refractivity (Wildman–Crippen MR) is 50.1 cm³/mol. The zero-order valence-corrected chi connectivity index (χ0v) is 7.57. The summed E-state index contributed by atoms with van der Waals surface area (Å²) in [6, 6.07) is 3.33. The van der Waals surface area contributed by atoms with Crippen LogP contribution in [0, 0.1) is 13.8 Å². The molecular weight excluding hydrogens is 168 g/mol. The number of oxime groups is 1. The van der Waals surface area contributed by atoms with Gasteiger partial charge in [-0.25, -0.2) is 0 Å². The van der Waals surface area contributed by atoms with Gasteiger partial charge in [-0.3, -0.25) is 0 Å². The number of nitrogens with zero attached hydrogens (tertiary/aromatic N) is 1. The fourth-order valence-electron chi connectivity index (χ4n) is 1.16. The summed E-state index contributed by atoms with van der Waals surface area (Å²) in [5, 5.41) is 20.8. The number of amidine groups is 1. The maximum atomic E-state index is 9.44. The second-order valence-corrected chi connectivity index (χ2v) is 2.94. The van der Waals surface area contributed by atoms with E-state index in [-0.39, 0.29) is 11.6 Å². The molecule has 0 aliphatic heterocycles. The number of phenolic OH excluding ortho intramolecular Hbond substituents is 1. The van der Waals surface area contributed by atoms with E-state index in [1.54, 1.807) is 26.0 Å². The molecule has 0 aliphatic carbocycles. The fraction of sp³-hybridized carbons (Fsp3) is 0.222. The number of rotatable bonds is 1. The Morgan fingerprint density at radius 2 is 1.77 bits per heavy atom. The van der Waals surface area contributed by atoms with Crippen LogP contribution in [-0.4, -0.2) is 16.1 Å². The lowest BCUT2D eigenvalue weighted by Gasteiger charge is -2.06. The molecule has 0 spiro atoms. The van der Waals surface area contributed by atoms with Gasteiger partial charge in [0.05, 0.1) is 0 Å². The normalized spacial score (nSPS) is 11.7. The van der Waals surface area contributed by atoms with Crippen molar-refractivity contribution in [1.29, 1.82) is 0 Å². The van der Waals surface area contributed by atoms with E-state index in [2.05, 4.69) is 5.16 Å². The molecular formula is C9H12N2O2. The van der Waals surface area contributed by atoms with Crippen molar-refractivity contribution in [3.05, 3.63) is 28.8 Å². The van der Waals surface area contributed by atoms with Gasteiger partial charge in [0.1, 0.15) is 5.75 Å². The van der Waals surface area contributed by atoms with Crippen LogP contribution in [0.15, 0.2) is 17.3 Å². The summed E-state index contributed by atoms with van der Waals surface area (Å²) < 4.78 is 0. The van der Waals surface area contributed by atoms with Gasteiger partial charge in [-0.2, -0.15) is 0 Å². The molecule has 0 unspecified atom stereocenters. The van der Waals surface area contributed by atoms with Gasteiger partial charge in [0, 0.05) is 5.56 Å². The van der Waals surface area contributed by atoms with Crippen molar-refractivity contribution in [3.8, 4) is 5.75 Å². The predicted octanol–water partition coefficient (Wildman–Crippen LogP) is 1.10. The lowest BCUT2D eigenvalue weighted by atomic mass is 10.1. The Kier molecular flexibility index (Phi) is 2.41. The third kappa shape index (κ3) is 1.72. The highest BCUT2D eigenvalue weighted by molar-refractivity contribution is 5.97. The Labute approximate surface area is 76.3 Å². The van der Waals surface area contributed by atoms with Gasteiger partial charge in [-0.15, -0.1) is 0 Å². The molecule has 4 nitrogen and oxygen atoms in total. The van der Waals surface area contributed by atoms with E-state index < -0.39 is 0 Å². The molecule has 0 heterocycles. The molecule has 0 aliphatic rings. The number of nitrogens with two attached hydrogens (primary N) is 1. The average molecular weight is 180 g/mol. The number of aryl methyl sites for hydroxylation is 2. The number of aromatic hydroxyl groups is 1. The summed E-state index contributed by atoms with van der Waals surface area (Å²) in [4.78, 5) is 0. The topological polar surface area (TPSA) is 78.8 Å². The van der Waals surface area contributed by atoms with E-state index in [0.717, 1.165) is 0 Å². The van der Waals surface area contributed by atoms with Gasteiger partial charge in [0.25, 0.3) is 0 Å². The smallest absolute Gasteiger partial charge is 0.170 e. The van der Waals surface area contributed by atoms with Crippen molar-refractivity contribution in [2.45, 2.75) is 13.8 Å². The molecule has 1 rings (SSSR count). The monoisotopic (exact) mass is 180 g/mol. The van der Waals surface area contributed by atoms with Gasteiger partial charge in [-0.05, 0) is 37.1 Å². The number of phenols is 1. The molecule has 1 aromatic rings. The fourth-order valence-corrected chi connectivity index (χ4v) is 1.16. The first-order valence-corrected chi connectivity index (χ1v) is 3.84. The summed E-state index contributed by atoms with van der Waals surface area (Å²) in [7, 11) is 0. The van der Waals surface area contributed by atoms with Crippen molar-refractivity contribution < 1.29 is 10.3 Å². The van der Waals surface area contributed by atoms with Gasteiger partial charge in [0.15, 0.2) is 5.84 Å². The van der Waals surface area contributed by atoms with Crippen molar-refractivity contribution in [2.24, 2.45) is 10.9 Å².